The summed E-state index contributed by atoms with van der Waals surface area (Å²) >= 11 is 0. The van der Waals surface area contributed by atoms with Crippen LogP contribution in [0.1, 0.15) is 29.3 Å². The predicted molar refractivity (Wildman–Crippen MR) is 102 cm³/mol. The van der Waals surface area contributed by atoms with Crippen molar-refractivity contribution in [3.8, 4) is 17.0 Å². The van der Waals surface area contributed by atoms with E-state index in [-0.39, 0.29) is 11.9 Å². The summed E-state index contributed by atoms with van der Waals surface area (Å²) in [6.07, 6.45) is 3.33. The van der Waals surface area contributed by atoms with Gasteiger partial charge in [-0.1, -0.05) is 42.5 Å². The van der Waals surface area contributed by atoms with Gasteiger partial charge in [-0.3, -0.25) is 9.89 Å². The van der Waals surface area contributed by atoms with Gasteiger partial charge in [-0.15, -0.1) is 0 Å². The van der Waals surface area contributed by atoms with E-state index in [2.05, 4.69) is 27.6 Å². The Bertz CT molecular complexity index is 841. The summed E-state index contributed by atoms with van der Waals surface area (Å²) in [4.78, 5) is 12.6. The molecule has 5 heteroatoms. The lowest BCUT2D eigenvalue weighted by Crippen LogP contribution is -2.33. The zero-order valence-corrected chi connectivity index (χ0v) is 15.0. The van der Waals surface area contributed by atoms with Gasteiger partial charge in [-0.05, 0) is 37.5 Å². The minimum absolute atomic E-state index is 0.0584. The van der Waals surface area contributed by atoms with Crippen LogP contribution in [0.4, 0.5) is 0 Å². The van der Waals surface area contributed by atoms with Crippen LogP contribution in [0.2, 0.25) is 0 Å². The van der Waals surface area contributed by atoms with Crippen molar-refractivity contribution in [3.63, 3.8) is 0 Å². The topological polar surface area (TPSA) is 67.0 Å². The first-order valence-electron chi connectivity index (χ1n) is 8.70. The average molecular weight is 349 g/mol. The zero-order chi connectivity index (χ0) is 18.4. The molecule has 0 fully saturated rings. The summed E-state index contributed by atoms with van der Waals surface area (Å²) in [5.41, 5.74) is 3.47. The lowest BCUT2D eigenvalue weighted by molar-refractivity contribution is 0.0939. The van der Waals surface area contributed by atoms with E-state index in [0.29, 0.717) is 5.56 Å². The Kier molecular flexibility index (Phi) is 5.69. The van der Waals surface area contributed by atoms with Crippen LogP contribution >= 0.6 is 0 Å². The Morgan fingerprint density at radius 2 is 1.88 bits per heavy atom. The van der Waals surface area contributed by atoms with Gasteiger partial charge in [0, 0.05) is 11.6 Å². The molecule has 2 aromatic carbocycles. The number of aromatic nitrogens is 2. The highest BCUT2D eigenvalue weighted by atomic mass is 16.5. The van der Waals surface area contributed by atoms with Gasteiger partial charge in [0.15, 0.2) is 0 Å². The molecule has 0 aliphatic carbocycles. The number of methoxy groups -OCH3 is 1. The minimum atomic E-state index is -0.111. The summed E-state index contributed by atoms with van der Waals surface area (Å²) in [6.45, 7) is 2.02. The summed E-state index contributed by atoms with van der Waals surface area (Å²) in [6, 6.07) is 17.8. The maximum absolute atomic E-state index is 12.6. The maximum atomic E-state index is 12.6. The van der Waals surface area contributed by atoms with E-state index in [0.717, 1.165) is 29.8 Å². The van der Waals surface area contributed by atoms with E-state index < -0.39 is 0 Å². The van der Waals surface area contributed by atoms with E-state index in [1.54, 1.807) is 13.3 Å². The monoisotopic (exact) mass is 349 g/mol. The molecule has 1 atom stereocenters. The van der Waals surface area contributed by atoms with E-state index in [9.17, 15) is 4.79 Å². The molecule has 0 bridgehead atoms. The van der Waals surface area contributed by atoms with Gasteiger partial charge >= 0.3 is 0 Å². The van der Waals surface area contributed by atoms with Crippen molar-refractivity contribution in [1.29, 1.82) is 0 Å². The molecule has 1 amide bonds. The summed E-state index contributed by atoms with van der Waals surface area (Å²) in [5, 5.41) is 10.0. The van der Waals surface area contributed by atoms with Crippen molar-refractivity contribution in [2.75, 3.05) is 7.11 Å². The normalized spacial score (nSPS) is 11.8. The first-order valence-corrected chi connectivity index (χ1v) is 8.70. The standard InChI is InChI=1S/C21H23N3O2/c1-15(8-9-16-10-12-18(26-2)13-11-16)23-21(25)19-14-22-24-20(19)17-6-4-3-5-7-17/h3-7,10-15H,8-9H2,1-2H3,(H,22,24)(H,23,25). The van der Waals surface area contributed by atoms with Crippen LogP contribution in [-0.4, -0.2) is 29.3 Å². The molecule has 0 aliphatic heterocycles. The van der Waals surface area contributed by atoms with Crippen molar-refractivity contribution in [2.24, 2.45) is 0 Å². The van der Waals surface area contributed by atoms with Crippen LogP contribution in [0.3, 0.4) is 0 Å². The van der Waals surface area contributed by atoms with Gasteiger partial charge in [-0.25, -0.2) is 0 Å². The molecule has 5 nitrogen and oxygen atoms in total. The van der Waals surface area contributed by atoms with E-state index in [1.165, 1.54) is 5.56 Å². The van der Waals surface area contributed by atoms with E-state index in [1.807, 2.05) is 49.4 Å². The summed E-state index contributed by atoms with van der Waals surface area (Å²) < 4.78 is 5.17. The number of aromatic amines is 1. The third-order valence-electron chi connectivity index (χ3n) is 4.35. The lowest BCUT2D eigenvalue weighted by atomic mass is 10.0. The largest absolute Gasteiger partial charge is 0.497 e. The van der Waals surface area contributed by atoms with Gasteiger partial charge in [0.05, 0.1) is 24.6 Å². The molecule has 0 saturated carbocycles. The number of benzene rings is 2. The van der Waals surface area contributed by atoms with Crippen LogP contribution in [0, 0.1) is 0 Å². The molecular weight excluding hydrogens is 326 g/mol. The maximum Gasteiger partial charge on any atom is 0.255 e. The van der Waals surface area contributed by atoms with Crippen LogP contribution < -0.4 is 10.1 Å². The quantitative estimate of drug-likeness (QED) is 0.681. The molecule has 0 aliphatic rings. The summed E-state index contributed by atoms with van der Waals surface area (Å²) in [5.74, 6) is 0.739. The highest BCUT2D eigenvalue weighted by Gasteiger charge is 2.16. The van der Waals surface area contributed by atoms with Crippen molar-refractivity contribution in [1.82, 2.24) is 15.5 Å². The number of carbonyl (C=O) groups excluding carboxylic acids is 1. The van der Waals surface area contributed by atoms with E-state index >= 15 is 0 Å². The number of hydrogen-bond donors (Lipinski definition) is 2. The van der Waals surface area contributed by atoms with Crippen molar-refractivity contribution >= 4 is 5.91 Å². The molecule has 0 spiro atoms. The van der Waals surface area contributed by atoms with Gasteiger partial charge < -0.3 is 10.1 Å². The third kappa shape index (κ3) is 4.30. The number of nitrogens with one attached hydrogen (secondary N) is 2. The second-order valence-electron chi connectivity index (χ2n) is 6.29. The van der Waals surface area contributed by atoms with E-state index in [4.69, 9.17) is 4.74 Å². The highest BCUT2D eigenvalue weighted by Crippen LogP contribution is 2.20. The fourth-order valence-corrected chi connectivity index (χ4v) is 2.83. The second kappa shape index (κ2) is 8.34. The molecule has 1 unspecified atom stereocenters. The Balaban J connectivity index is 1.59. The zero-order valence-electron chi connectivity index (χ0n) is 15.0. The second-order valence-corrected chi connectivity index (χ2v) is 6.29. The smallest absolute Gasteiger partial charge is 0.255 e. The number of rotatable bonds is 7. The fourth-order valence-electron chi connectivity index (χ4n) is 2.83. The predicted octanol–water partition coefficient (Wildman–Crippen LogP) is 3.84. The molecule has 2 N–H and O–H groups in total. The van der Waals surface area contributed by atoms with Crippen molar-refractivity contribution in [3.05, 3.63) is 71.9 Å². The van der Waals surface area contributed by atoms with Crippen LogP contribution in [-0.2, 0) is 6.42 Å². The molecule has 3 aromatic rings. The van der Waals surface area contributed by atoms with Crippen molar-refractivity contribution in [2.45, 2.75) is 25.8 Å². The number of ether oxygens (including phenoxy) is 1. The number of aryl methyl sites for hydroxylation is 1. The SMILES string of the molecule is COc1ccc(CCC(C)NC(=O)c2cn[nH]c2-c2ccccc2)cc1. The molecule has 3 rings (SSSR count). The number of amides is 1. The number of nitrogens with zero attached hydrogens (tertiary/aromatic N) is 1. The van der Waals surface area contributed by atoms with Gasteiger partial charge in [0.25, 0.3) is 5.91 Å². The van der Waals surface area contributed by atoms with Crippen LogP contribution in [0.5, 0.6) is 5.75 Å². The summed E-state index contributed by atoms with van der Waals surface area (Å²) in [7, 11) is 1.66. The molecule has 1 heterocycles. The Morgan fingerprint density at radius 3 is 2.58 bits per heavy atom. The number of H-pyrrole nitrogens is 1. The van der Waals surface area contributed by atoms with Gasteiger partial charge in [-0.2, -0.15) is 5.10 Å². The first kappa shape index (κ1) is 17.7. The van der Waals surface area contributed by atoms with Crippen LogP contribution in [0.15, 0.2) is 60.8 Å². The third-order valence-corrected chi connectivity index (χ3v) is 4.35. The molecule has 0 saturated heterocycles. The van der Waals surface area contributed by atoms with Crippen LogP contribution in [0.25, 0.3) is 11.3 Å². The average Bonchev–Trinajstić information content (AvgIpc) is 3.17. The Morgan fingerprint density at radius 1 is 1.15 bits per heavy atom. The Labute approximate surface area is 153 Å². The van der Waals surface area contributed by atoms with Gasteiger partial charge in [0.2, 0.25) is 0 Å². The highest BCUT2D eigenvalue weighted by molar-refractivity contribution is 5.99. The van der Waals surface area contributed by atoms with Gasteiger partial charge in [0.1, 0.15) is 5.75 Å². The molecule has 1 aromatic heterocycles. The fraction of sp³-hybridized carbons (Fsp3) is 0.238. The number of carbonyl (C=O) groups is 1. The van der Waals surface area contributed by atoms with Crippen molar-refractivity contribution < 1.29 is 9.53 Å². The first-order chi connectivity index (χ1) is 12.7. The Hall–Kier alpha value is -3.08. The minimum Gasteiger partial charge on any atom is -0.497 e. The molecule has 26 heavy (non-hydrogen) atoms. The molecular formula is C21H23N3O2. The lowest BCUT2D eigenvalue weighted by Gasteiger charge is -2.14. The molecule has 134 valence electrons. The number of hydrogen-bond acceptors (Lipinski definition) is 3. The molecule has 0 radical (unpaired) electrons.